The van der Waals surface area contributed by atoms with E-state index in [9.17, 15) is 4.79 Å². The summed E-state index contributed by atoms with van der Waals surface area (Å²) in [4.78, 5) is 16.4. The number of benzene rings is 1. The maximum absolute atomic E-state index is 12.1. The number of rotatable bonds is 3. The molecule has 0 fully saturated rings. The molecule has 0 bridgehead atoms. The van der Waals surface area contributed by atoms with Gasteiger partial charge in [-0.05, 0) is 31.2 Å². The number of fused-ring (bicyclic) bond motifs is 1. The fourth-order valence-electron chi connectivity index (χ4n) is 1.81. The lowest BCUT2D eigenvalue weighted by molar-refractivity contribution is 0.0986. The molecule has 0 unspecified atom stereocenters. The Morgan fingerprint density at radius 2 is 2.11 bits per heavy atom. The molecule has 3 aromatic rings. The summed E-state index contributed by atoms with van der Waals surface area (Å²) in [6.45, 7) is 1.87. The summed E-state index contributed by atoms with van der Waals surface area (Å²) in [6.07, 6.45) is 0.271. The van der Waals surface area contributed by atoms with Gasteiger partial charge in [-0.2, -0.15) is 0 Å². The minimum Gasteiger partial charge on any atom is -0.466 e. The number of thiazole rings is 1. The van der Waals surface area contributed by atoms with Crippen molar-refractivity contribution < 1.29 is 9.21 Å². The fourth-order valence-corrected chi connectivity index (χ4v) is 2.71. The summed E-state index contributed by atoms with van der Waals surface area (Å²) >= 11 is 1.43. The monoisotopic (exact) mass is 257 g/mol. The van der Waals surface area contributed by atoms with Crippen LogP contribution < -0.4 is 0 Å². The topological polar surface area (TPSA) is 43.1 Å². The molecule has 0 saturated heterocycles. The van der Waals surface area contributed by atoms with E-state index in [-0.39, 0.29) is 12.2 Å². The second-order valence-corrected chi connectivity index (χ2v) is 5.13. The molecular weight excluding hydrogens is 246 g/mol. The van der Waals surface area contributed by atoms with Crippen LogP contribution >= 0.6 is 11.3 Å². The molecule has 0 N–H and O–H groups in total. The van der Waals surface area contributed by atoms with Gasteiger partial charge in [-0.15, -0.1) is 11.3 Å². The van der Waals surface area contributed by atoms with Gasteiger partial charge < -0.3 is 4.42 Å². The second kappa shape index (κ2) is 4.38. The minimum absolute atomic E-state index is 0.00514. The summed E-state index contributed by atoms with van der Waals surface area (Å²) in [5, 5.41) is 0.547. The third-order valence-electron chi connectivity index (χ3n) is 2.66. The zero-order chi connectivity index (χ0) is 12.5. The summed E-state index contributed by atoms with van der Waals surface area (Å²) in [7, 11) is 0. The first-order chi connectivity index (χ1) is 8.72. The number of carbonyl (C=O) groups excluding carboxylic acids is 1. The molecular formula is C14H11NO2S. The first-order valence-corrected chi connectivity index (χ1v) is 6.48. The van der Waals surface area contributed by atoms with E-state index >= 15 is 0 Å². The van der Waals surface area contributed by atoms with Crippen molar-refractivity contribution in [2.45, 2.75) is 13.3 Å². The summed E-state index contributed by atoms with van der Waals surface area (Å²) in [5.74, 6) is 1.52. The fraction of sp³-hybridized carbons (Fsp3) is 0.143. The Labute approximate surface area is 108 Å². The number of ketones is 1. The van der Waals surface area contributed by atoms with Crippen LogP contribution in [0.1, 0.15) is 21.3 Å². The molecule has 0 aliphatic rings. The van der Waals surface area contributed by atoms with Crippen LogP contribution in [0.3, 0.4) is 0 Å². The molecule has 0 saturated carbocycles. The van der Waals surface area contributed by atoms with Crippen molar-refractivity contribution in [3.05, 3.63) is 52.9 Å². The van der Waals surface area contributed by atoms with E-state index in [0.717, 1.165) is 16.0 Å². The van der Waals surface area contributed by atoms with Gasteiger partial charge in [0, 0.05) is 0 Å². The Bertz CT molecular complexity index is 678. The number of Topliss-reactive ketones (excluding diaryl/α,β-unsaturated/α-hetero) is 1. The molecule has 3 rings (SSSR count). The van der Waals surface area contributed by atoms with Crippen molar-refractivity contribution in [1.29, 1.82) is 0 Å². The smallest absolute Gasteiger partial charge is 0.198 e. The Morgan fingerprint density at radius 3 is 2.83 bits per heavy atom. The predicted molar refractivity (Wildman–Crippen MR) is 71.1 cm³/mol. The molecule has 0 aliphatic carbocycles. The first-order valence-electron chi connectivity index (χ1n) is 5.66. The first kappa shape index (κ1) is 11.2. The molecule has 4 heteroatoms. The second-order valence-electron chi connectivity index (χ2n) is 4.10. The van der Waals surface area contributed by atoms with Crippen LogP contribution in [0.25, 0.3) is 10.2 Å². The van der Waals surface area contributed by atoms with Crippen molar-refractivity contribution in [2.24, 2.45) is 0 Å². The van der Waals surface area contributed by atoms with Crippen LogP contribution in [0.15, 0.2) is 40.8 Å². The minimum atomic E-state index is 0.00514. The van der Waals surface area contributed by atoms with Crippen LogP contribution in [0, 0.1) is 6.92 Å². The molecule has 0 aliphatic heterocycles. The van der Waals surface area contributed by atoms with Crippen LogP contribution in [0.2, 0.25) is 0 Å². The molecule has 3 nitrogen and oxygen atoms in total. The van der Waals surface area contributed by atoms with Crippen LogP contribution in [0.4, 0.5) is 0 Å². The van der Waals surface area contributed by atoms with Gasteiger partial charge in [-0.3, -0.25) is 4.79 Å². The zero-order valence-electron chi connectivity index (χ0n) is 9.84. The van der Waals surface area contributed by atoms with E-state index in [1.54, 1.807) is 0 Å². The molecule has 0 radical (unpaired) electrons. The Balaban J connectivity index is 1.87. The zero-order valence-corrected chi connectivity index (χ0v) is 10.7. The van der Waals surface area contributed by atoms with E-state index in [1.165, 1.54) is 11.3 Å². The highest BCUT2D eigenvalue weighted by Gasteiger charge is 2.14. The largest absolute Gasteiger partial charge is 0.466 e. The SMILES string of the molecule is Cc1ccc(CC(=O)c2nc3ccccc3s2)o1. The summed E-state index contributed by atoms with van der Waals surface area (Å²) in [6, 6.07) is 11.5. The maximum atomic E-state index is 12.1. The van der Waals surface area contributed by atoms with E-state index in [1.807, 2.05) is 43.3 Å². The number of aromatic nitrogens is 1. The molecule has 18 heavy (non-hydrogen) atoms. The number of hydrogen-bond donors (Lipinski definition) is 0. The molecule has 90 valence electrons. The van der Waals surface area contributed by atoms with Gasteiger partial charge in [-0.1, -0.05) is 12.1 Å². The van der Waals surface area contributed by atoms with Gasteiger partial charge in [0.25, 0.3) is 0 Å². The lowest BCUT2D eigenvalue weighted by atomic mass is 10.2. The molecule has 0 spiro atoms. The van der Waals surface area contributed by atoms with E-state index < -0.39 is 0 Å². The number of furan rings is 1. The van der Waals surface area contributed by atoms with Gasteiger partial charge in [-0.25, -0.2) is 4.98 Å². The van der Waals surface area contributed by atoms with Gasteiger partial charge >= 0.3 is 0 Å². The average molecular weight is 257 g/mol. The van der Waals surface area contributed by atoms with Crippen LogP contribution in [0.5, 0.6) is 0 Å². The van der Waals surface area contributed by atoms with Gasteiger partial charge in [0.15, 0.2) is 10.8 Å². The van der Waals surface area contributed by atoms with Crippen molar-refractivity contribution in [3.63, 3.8) is 0 Å². The van der Waals surface area contributed by atoms with Crippen molar-refractivity contribution in [2.75, 3.05) is 0 Å². The lowest BCUT2D eigenvalue weighted by Crippen LogP contribution is -2.01. The van der Waals surface area contributed by atoms with Gasteiger partial charge in [0.2, 0.25) is 0 Å². The average Bonchev–Trinajstić information content (AvgIpc) is 2.95. The van der Waals surface area contributed by atoms with Crippen molar-refractivity contribution >= 4 is 27.3 Å². The number of nitrogens with zero attached hydrogens (tertiary/aromatic N) is 1. The third-order valence-corrected chi connectivity index (χ3v) is 3.74. The Hall–Kier alpha value is -1.94. The highest BCUT2D eigenvalue weighted by atomic mass is 32.1. The lowest BCUT2D eigenvalue weighted by Gasteiger charge is -1.92. The predicted octanol–water partition coefficient (Wildman–Crippen LogP) is 3.62. The molecule has 2 aromatic heterocycles. The van der Waals surface area contributed by atoms with E-state index in [4.69, 9.17) is 4.42 Å². The van der Waals surface area contributed by atoms with Gasteiger partial charge in [0.1, 0.15) is 11.5 Å². The van der Waals surface area contributed by atoms with E-state index in [0.29, 0.717) is 10.8 Å². The van der Waals surface area contributed by atoms with Gasteiger partial charge in [0.05, 0.1) is 16.6 Å². The maximum Gasteiger partial charge on any atom is 0.198 e. The summed E-state index contributed by atoms with van der Waals surface area (Å²) < 4.78 is 6.44. The summed E-state index contributed by atoms with van der Waals surface area (Å²) in [5.41, 5.74) is 0.876. The molecule has 0 atom stereocenters. The quantitative estimate of drug-likeness (QED) is 0.673. The Kier molecular flexibility index (Phi) is 2.72. The van der Waals surface area contributed by atoms with Crippen LogP contribution in [-0.2, 0) is 6.42 Å². The normalized spacial score (nSPS) is 10.9. The standard InChI is InChI=1S/C14H11NO2S/c1-9-6-7-10(17-9)8-12(16)14-15-11-4-2-3-5-13(11)18-14/h2-7H,8H2,1H3. The number of para-hydroxylation sites is 1. The van der Waals surface area contributed by atoms with Crippen molar-refractivity contribution in [1.82, 2.24) is 4.98 Å². The number of carbonyl (C=O) groups is 1. The molecule has 2 heterocycles. The number of aryl methyl sites for hydroxylation is 1. The van der Waals surface area contributed by atoms with Crippen LogP contribution in [-0.4, -0.2) is 10.8 Å². The third kappa shape index (κ3) is 2.07. The van der Waals surface area contributed by atoms with E-state index in [2.05, 4.69) is 4.98 Å². The van der Waals surface area contributed by atoms with Crippen molar-refractivity contribution in [3.8, 4) is 0 Å². The number of hydrogen-bond acceptors (Lipinski definition) is 4. The Morgan fingerprint density at radius 1 is 1.28 bits per heavy atom. The highest BCUT2D eigenvalue weighted by Crippen LogP contribution is 2.23. The highest BCUT2D eigenvalue weighted by molar-refractivity contribution is 7.20. The molecule has 1 aromatic carbocycles. The molecule has 0 amide bonds.